The van der Waals surface area contributed by atoms with Gasteiger partial charge in [-0.15, -0.1) is 0 Å². The first-order chi connectivity index (χ1) is 10.7. The highest BCUT2D eigenvalue weighted by Crippen LogP contribution is 2.30. The van der Waals surface area contributed by atoms with E-state index in [2.05, 4.69) is 30.0 Å². The lowest BCUT2D eigenvalue weighted by Crippen LogP contribution is -2.32. The normalized spacial score (nSPS) is 16.6. The van der Waals surface area contributed by atoms with Crippen LogP contribution in [0.25, 0.3) is 11.0 Å². The van der Waals surface area contributed by atoms with Crippen LogP contribution < -0.4 is 0 Å². The van der Waals surface area contributed by atoms with Gasteiger partial charge in [0.2, 0.25) is 0 Å². The van der Waals surface area contributed by atoms with Crippen LogP contribution in [0.15, 0.2) is 53.1 Å². The van der Waals surface area contributed by atoms with E-state index < -0.39 is 0 Å². The summed E-state index contributed by atoms with van der Waals surface area (Å²) in [7, 11) is 0. The van der Waals surface area contributed by atoms with Gasteiger partial charge in [-0.25, -0.2) is 0 Å². The van der Waals surface area contributed by atoms with Crippen LogP contribution in [-0.2, 0) is 13.0 Å². The zero-order chi connectivity index (χ0) is 15.1. The minimum Gasteiger partial charge on any atom is -0.508 e. The Labute approximate surface area is 129 Å². The van der Waals surface area contributed by atoms with Gasteiger partial charge in [0.1, 0.15) is 11.3 Å². The summed E-state index contributed by atoms with van der Waals surface area (Å²) in [5.41, 5.74) is 4.85. The SMILES string of the molecule is CC(c1ccc2occc2c1)N1CCc2cc(O)ccc2C1. The number of phenolic OH excluding ortho intramolecular Hbond substituents is 1. The standard InChI is InChI=1S/C19H19NO2/c1-13(14-3-5-19-16(10-14)7-9-22-19)20-8-6-15-11-18(21)4-2-17(15)12-20/h2-5,7,9-11,13,21H,6,8,12H2,1H3. The third-order valence-corrected chi connectivity index (χ3v) is 4.74. The molecular weight excluding hydrogens is 274 g/mol. The maximum atomic E-state index is 9.60. The molecule has 4 rings (SSSR count). The van der Waals surface area contributed by atoms with E-state index in [9.17, 15) is 5.11 Å². The molecule has 1 N–H and O–H groups in total. The first-order valence-corrected chi connectivity index (χ1v) is 7.73. The molecule has 3 heteroatoms. The van der Waals surface area contributed by atoms with Crippen molar-refractivity contribution in [2.75, 3.05) is 6.54 Å². The molecule has 0 radical (unpaired) electrons. The summed E-state index contributed by atoms with van der Waals surface area (Å²) >= 11 is 0. The van der Waals surface area contributed by atoms with Crippen LogP contribution in [0.4, 0.5) is 0 Å². The molecule has 0 bridgehead atoms. The molecule has 2 heterocycles. The lowest BCUT2D eigenvalue weighted by atomic mass is 9.96. The molecule has 1 aliphatic heterocycles. The molecule has 1 aromatic heterocycles. The van der Waals surface area contributed by atoms with Gasteiger partial charge in [0.05, 0.1) is 6.26 Å². The van der Waals surface area contributed by atoms with Crippen molar-refractivity contribution in [3.8, 4) is 5.75 Å². The van der Waals surface area contributed by atoms with Crippen molar-refractivity contribution in [3.63, 3.8) is 0 Å². The van der Waals surface area contributed by atoms with Crippen molar-refractivity contribution in [2.45, 2.75) is 25.9 Å². The van der Waals surface area contributed by atoms with Gasteiger partial charge in [-0.3, -0.25) is 4.90 Å². The van der Waals surface area contributed by atoms with Crippen molar-refractivity contribution >= 4 is 11.0 Å². The van der Waals surface area contributed by atoms with Crippen molar-refractivity contribution in [3.05, 3.63) is 65.4 Å². The maximum Gasteiger partial charge on any atom is 0.133 e. The predicted molar refractivity (Wildman–Crippen MR) is 86.8 cm³/mol. The first kappa shape index (κ1) is 13.4. The fourth-order valence-corrected chi connectivity index (χ4v) is 3.35. The Morgan fingerprint density at radius 3 is 2.91 bits per heavy atom. The lowest BCUT2D eigenvalue weighted by molar-refractivity contribution is 0.192. The molecule has 22 heavy (non-hydrogen) atoms. The second-order valence-corrected chi connectivity index (χ2v) is 6.07. The molecule has 112 valence electrons. The number of nitrogens with zero attached hydrogens (tertiary/aromatic N) is 1. The molecule has 1 atom stereocenters. The summed E-state index contributed by atoms with van der Waals surface area (Å²) in [6.07, 6.45) is 2.73. The zero-order valence-corrected chi connectivity index (χ0v) is 12.6. The summed E-state index contributed by atoms with van der Waals surface area (Å²) in [4.78, 5) is 2.49. The number of hydrogen-bond acceptors (Lipinski definition) is 3. The van der Waals surface area contributed by atoms with E-state index in [1.165, 1.54) is 16.7 Å². The van der Waals surface area contributed by atoms with E-state index in [0.717, 1.165) is 30.5 Å². The second-order valence-electron chi connectivity index (χ2n) is 6.07. The lowest BCUT2D eigenvalue weighted by Gasteiger charge is -2.34. The molecule has 0 saturated carbocycles. The van der Waals surface area contributed by atoms with Crippen molar-refractivity contribution in [1.29, 1.82) is 0 Å². The molecule has 1 aliphatic rings. The number of phenols is 1. The maximum absolute atomic E-state index is 9.60. The highest BCUT2D eigenvalue weighted by atomic mass is 16.3. The van der Waals surface area contributed by atoms with E-state index in [-0.39, 0.29) is 0 Å². The molecule has 0 spiro atoms. The third-order valence-electron chi connectivity index (χ3n) is 4.74. The molecule has 3 aromatic rings. The Kier molecular flexibility index (Phi) is 3.16. The van der Waals surface area contributed by atoms with E-state index in [4.69, 9.17) is 4.42 Å². The average Bonchev–Trinajstić information content (AvgIpc) is 3.01. The molecule has 1 unspecified atom stereocenters. The largest absolute Gasteiger partial charge is 0.508 e. The van der Waals surface area contributed by atoms with E-state index in [1.54, 1.807) is 12.3 Å². The quantitative estimate of drug-likeness (QED) is 0.767. The molecule has 0 saturated heterocycles. The van der Waals surface area contributed by atoms with Crippen molar-refractivity contribution in [1.82, 2.24) is 4.90 Å². The first-order valence-electron chi connectivity index (χ1n) is 7.73. The molecule has 0 amide bonds. The number of aromatic hydroxyl groups is 1. The summed E-state index contributed by atoms with van der Waals surface area (Å²) in [5, 5.41) is 10.8. The fraction of sp³-hybridized carbons (Fsp3) is 0.263. The van der Waals surface area contributed by atoms with Gasteiger partial charge in [-0.05, 0) is 60.4 Å². The van der Waals surface area contributed by atoms with E-state index in [0.29, 0.717) is 11.8 Å². The minimum atomic E-state index is 0.362. The summed E-state index contributed by atoms with van der Waals surface area (Å²) in [6.45, 7) is 4.20. The summed E-state index contributed by atoms with van der Waals surface area (Å²) < 4.78 is 5.42. The van der Waals surface area contributed by atoms with E-state index in [1.807, 2.05) is 18.2 Å². The van der Waals surface area contributed by atoms with Crippen LogP contribution in [-0.4, -0.2) is 16.6 Å². The Hall–Kier alpha value is -2.26. The monoisotopic (exact) mass is 293 g/mol. The van der Waals surface area contributed by atoms with Crippen LogP contribution >= 0.6 is 0 Å². The number of hydrogen-bond donors (Lipinski definition) is 1. The number of benzene rings is 2. The van der Waals surface area contributed by atoms with Gasteiger partial charge in [-0.2, -0.15) is 0 Å². The highest BCUT2D eigenvalue weighted by molar-refractivity contribution is 5.77. The molecule has 2 aromatic carbocycles. The molecule has 0 fully saturated rings. The Morgan fingerprint density at radius 2 is 2.00 bits per heavy atom. The smallest absolute Gasteiger partial charge is 0.133 e. The van der Waals surface area contributed by atoms with Gasteiger partial charge in [0.25, 0.3) is 0 Å². The molecule has 3 nitrogen and oxygen atoms in total. The number of rotatable bonds is 2. The van der Waals surface area contributed by atoms with E-state index >= 15 is 0 Å². The van der Waals surface area contributed by atoms with Gasteiger partial charge in [0.15, 0.2) is 0 Å². The van der Waals surface area contributed by atoms with Crippen LogP contribution in [0.2, 0.25) is 0 Å². The second kappa shape index (κ2) is 5.18. The highest BCUT2D eigenvalue weighted by Gasteiger charge is 2.22. The summed E-state index contributed by atoms with van der Waals surface area (Å²) in [6, 6.07) is 14.5. The molecular formula is C19H19NO2. The van der Waals surface area contributed by atoms with Crippen LogP contribution in [0, 0.1) is 0 Å². The number of fused-ring (bicyclic) bond motifs is 2. The predicted octanol–water partition coefficient (Wildman–Crippen LogP) is 4.26. The Morgan fingerprint density at radius 1 is 1.09 bits per heavy atom. The fourth-order valence-electron chi connectivity index (χ4n) is 3.35. The average molecular weight is 293 g/mol. The van der Waals surface area contributed by atoms with Crippen LogP contribution in [0.3, 0.4) is 0 Å². The summed E-state index contributed by atoms with van der Waals surface area (Å²) in [5.74, 6) is 0.366. The van der Waals surface area contributed by atoms with Crippen LogP contribution in [0.5, 0.6) is 5.75 Å². The Bertz CT molecular complexity index is 821. The molecule has 0 aliphatic carbocycles. The van der Waals surface area contributed by atoms with Gasteiger partial charge >= 0.3 is 0 Å². The van der Waals surface area contributed by atoms with Crippen LogP contribution in [0.1, 0.15) is 29.7 Å². The zero-order valence-electron chi connectivity index (χ0n) is 12.6. The van der Waals surface area contributed by atoms with Gasteiger partial charge < -0.3 is 9.52 Å². The third kappa shape index (κ3) is 2.28. The van der Waals surface area contributed by atoms with Crippen molar-refractivity contribution < 1.29 is 9.52 Å². The minimum absolute atomic E-state index is 0.362. The topological polar surface area (TPSA) is 36.6 Å². The number of furan rings is 1. The van der Waals surface area contributed by atoms with Gasteiger partial charge in [-0.1, -0.05) is 12.1 Å². The van der Waals surface area contributed by atoms with Gasteiger partial charge in [0, 0.05) is 24.5 Å². The van der Waals surface area contributed by atoms with Crippen molar-refractivity contribution in [2.24, 2.45) is 0 Å². The Balaban J connectivity index is 1.60.